The van der Waals surface area contributed by atoms with Crippen molar-refractivity contribution in [3.8, 4) is 34.3 Å². The minimum absolute atomic E-state index is 0. The number of aromatic nitrogens is 1. The molecule has 35 heavy (non-hydrogen) atoms. The maximum Gasteiger partial charge on any atom is 0.343 e. The number of aryl methyl sites for hydroxylation is 2. The standard InChI is InChI=1S/C26H18F2NO5.ClH/c1-31-22-5-3-14-9-21-17-11-24-23(32-13-33-24)10-15(17)6-7-29(21)12-18(14)25(22)34-26(30)16-2-4-19(27)20(28)8-16;/h2-5,8-12H,6-7,13H2,1H3;1H/q+1;/p-1. The Morgan fingerprint density at radius 1 is 1.00 bits per heavy atom. The fraction of sp³-hybridized carbons (Fsp3) is 0.154. The van der Waals surface area contributed by atoms with Crippen LogP contribution in [-0.2, 0) is 13.0 Å². The number of methoxy groups -OCH3 is 1. The van der Waals surface area contributed by atoms with E-state index in [9.17, 15) is 13.6 Å². The zero-order chi connectivity index (χ0) is 23.4. The number of hydrogen-bond donors (Lipinski definition) is 0. The molecule has 2 aliphatic rings. The number of fused-ring (bicyclic) bond motifs is 5. The molecular weight excluding hydrogens is 480 g/mol. The molecule has 1 aromatic heterocycles. The maximum absolute atomic E-state index is 13.6. The highest BCUT2D eigenvalue weighted by molar-refractivity contribution is 5.97. The van der Waals surface area contributed by atoms with E-state index >= 15 is 0 Å². The van der Waals surface area contributed by atoms with Crippen molar-refractivity contribution in [2.45, 2.75) is 13.0 Å². The molecule has 6 nitrogen and oxygen atoms in total. The van der Waals surface area contributed by atoms with Gasteiger partial charge >= 0.3 is 5.97 Å². The zero-order valence-electron chi connectivity index (χ0n) is 18.4. The Hall–Kier alpha value is -3.91. The van der Waals surface area contributed by atoms with E-state index in [4.69, 9.17) is 18.9 Å². The summed E-state index contributed by atoms with van der Waals surface area (Å²) in [6.07, 6.45) is 2.71. The number of rotatable bonds is 3. The fourth-order valence-corrected chi connectivity index (χ4v) is 4.44. The summed E-state index contributed by atoms with van der Waals surface area (Å²) in [6.45, 7) is 0.925. The number of ether oxygens (including phenoxy) is 4. The second-order valence-corrected chi connectivity index (χ2v) is 8.08. The van der Waals surface area contributed by atoms with Crippen molar-refractivity contribution in [1.82, 2.24) is 0 Å². The summed E-state index contributed by atoms with van der Waals surface area (Å²) in [5.41, 5.74) is 3.11. The number of benzene rings is 3. The van der Waals surface area contributed by atoms with Gasteiger partial charge in [-0.2, -0.15) is 4.57 Å². The van der Waals surface area contributed by atoms with E-state index in [-0.39, 0.29) is 30.5 Å². The third-order valence-corrected chi connectivity index (χ3v) is 6.15. The molecule has 9 heteroatoms. The lowest BCUT2D eigenvalue weighted by Crippen LogP contribution is -3.00. The van der Waals surface area contributed by atoms with Gasteiger partial charge in [-0.25, -0.2) is 13.6 Å². The number of halogens is 3. The highest BCUT2D eigenvalue weighted by Crippen LogP contribution is 2.41. The molecule has 0 aliphatic carbocycles. The minimum atomic E-state index is -1.12. The summed E-state index contributed by atoms with van der Waals surface area (Å²) < 4.78 is 51.2. The highest BCUT2D eigenvalue weighted by Gasteiger charge is 2.29. The Labute approximate surface area is 205 Å². The number of hydrogen-bond acceptors (Lipinski definition) is 5. The first-order valence-corrected chi connectivity index (χ1v) is 10.7. The van der Waals surface area contributed by atoms with Crippen molar-refractivity contribution < 1.29 is 49.5 Å². The van der Waals surface area contributed by atoms with Crippen molar-refractivity contribution in [3.05, 3.63) is 77.5 Å². The topological polar surface area (TPSA) is 57.9 Å². The first-order chi connectivity index (χ1) is 16.5. The number of pyridine rings is 1. The van der Waals surface area contributed by atoms with Gasteiger partial charge in [0.15, 0.2) is 47.4 Å². The zero-order valence-corrected chi connectivity index (χ0v) is 19.2. The first-order valence-electron chi connectivity index (χ1n) is 10.7. The van der Waals surface area contributed by atoms with Crippen molar-refractivity contribution >= 4 is 16.7 Å². The van der Waals surface area contributed by atoms with Crippen LogP contribution in [-0.4, -0.2) is 19.9 Å². The smallest absolute Gasteiger partial charge is 0.343 e. The van der Waals surface area contributed by atoms with Gasteiger partial charge in [-0.05, 0) is 53.4 Å². The van der Waals surface area contributed by atoms with Crippen LogP contribution in [0.3, 0.4) is 0 Å². The van der Waals surface area contributed by atoms with Crippen LogP contribution in [0.5, 0.6) is 23.0 Å². The summed E-state index contributed by atoms with van der Waals surface area (Å²) in [4.78, 5) is 12.8. The Balaban J connectivity index is 0.00000253. The molecule has 6 rings (SSSR count). The van der Waals surface area contributed by atoms with Crippen molar-refractivity contribution in [1.29, 1.82) is 0 Å². The average molecular weight is 498 g/mol. The third kappa shape index (κ3) is 3.80. The van der Waals surface area contributed by atoms with Gasteiger partial charge in [0.1, 0.15) is 0 Å². The van der Waals surface area contributed by atoms with Crippen molar-refractivity contribution in [3.63, 3.8) is 0 Å². The van der Waals surface area contributed by atoms with Gasteiger partial charge in [0.25, 0.3) is 0 Å². The second kappa shape index (κ2) is 8.70. The Morgan fingerprint density at radius 2 is 1.80 bits per heavy atom. The molecule has 3 heterocycles. The van der Waals surface area contributed by atoms with E-state index in [0.29, 0.717) is 23.4 Å². The van der Waals surface area contributed by atoms with Crippen LogP contribution in [0, 0.1) is 11.6 Å². The van der Waals surface area contributed by atoms with E-state index in [1.807, 2.05) is 30.5 Å². The molecule has 0 N–H and O–H groups in total. The summed E-state index contributed by atoms with van der Waals surface area (Å²) >= 11 is 0. The summed E-state index contributed by atoms with van der Waals surface area (Å²) in [6, 6.07) is 12.5. The molecule has 3 aromatic carbocycles. The van der Waals surface area contributed by atoms with E-state index < -0.39 is 17.6 Å². The van der Waals surface area contributed by atoms with Crippen LogP contribution in [0.1, 0.15) is 15.9 Å². The molecule has 0 radical (unpaired) electrons. The Kier molecular flexibility index (Phi) is 5.68. The monoisotopic (exact) mass is 497 g/mol. The number of carbonyl (C=O) groups is 1. The summed E-state index contributed by atoms with van der Waals surface area (Å²) in [5, 5.41) is 1.48. The van der Waals surface area contributed by atoms with Crippen LogP contribution in [0.2, 0.25) is 0 Å². The van der Waals surface area contributed by atoms with Crippen LogP contribution >= 0.6 is 0 Å². The van der Waals surface area contributed by atoms with Gasteiger partial charge < -0.3 is 31.4 Å². The molecule has 0 fully saturated rings. The van der Waals surface area contributed by atoms with E-state index in [1.165, 1.54) is 18.7 Å². The number of esters is 1. The van der Waals surface area contributed by atoms with Crippen LogP contribution in [0.25, 0.3) is 22.0 Å². The SMILES string of the molecule is COc1ccc2cc3[n+](cc2c1OC(=O)c1ccc(F)c(F)c1)CCc1cc2c(cc1-3)OCO2.[Cl-]. The Bertz CT molecular complexity index is 1510. The highest BCUT2D eigenvalue weighted by atomic mass is 35.5. The third-order valence-electron chi connectivity index (χ3n) is 6.15. The predicted octanol–water partition coefficient (Wildman–Crippen LogP) is 1.59. The average Bonchev–Trinajstić information content (AvgIpc) is 3.31. The first kappa shape index (κ1) is 22.9. The largest absolute Gasteiger partial charge is 1.00 e. The van der Waals surface area contributed by atoms with Crippen LogP contribution in [0.4, 0.5) is 8.78 Å². The summed E-state index contributed by atoms with van der Waals surface area (Å²) in [7, 11) is 1.47. The van der Waals surface area contributed by atoms with E-state index in [1.54, 1.807) is 6.07 Å². The van der Waals surface area contributed by atoms with Gasteiger partial charge in [-0.3, -0.25) is 0 Å². The van der Waals surface area contributed by atoms with Crippen molar-refractivity contribution in [2.75, 3.05) is 13.9 Å². The molecular formula is C26H18ClF2NO5. The number of nitrogens with zero attached hydrogens (tertiary/aromatic N) is 1. The fourth-order valence-electron chi connectivity index (χ4n) is 4.44. The molecule has 0 unspecified atom stereocenters. The summed E-state index contributed by atoms with van der Waals surface area (Å²) in [5.74, 6) is -0.948. The lowest BCUT2D eigenvalue weighted by Gasteiger charge is -2.17. The molecule has 2 aliphatic heterocycles. The van der Waals surface area contributed by atoms with Crippen LogP contribution < -0.4 is 35.9 Å². The number of carbonyl (C=O) groups excluding carboxylic acids is 1. The van der Waals surface area contributed by atoms with E-state index in [2.05, 4.69) is 4.57 Å². The Morgan fingerprint density at radius 3 is 2.57 bits per heavy atom. The van der Waals surface area contributed by atoms with Gasteiger partial charge in [0.2, 0.25) is 12.5 Å². The molecule has 0 saturated carbocycles. The van der Waals surface area contributed by atoms with Gasteiger partial charge in [-0.1, -0.05) is 0 Å². The van der Waals surface area contributed by atoms with Gasteiger partial charge in [0.05, 0.1) is 23.6 Å². The normalized spacial score (nSPS) is 13.0. The lowest BCUT2D eigenvalue weighted by molar-refractivity contribution is -0.686. The minimum Gasteiger partial charge on any atom is -1.00 e. The van der Waals surface area contributed by atoms with E-state index in [0.717, 1.165) is 40.9 Å². The lowest BCUT2D eigenvalue weighted by atomic mass is 9.95. The molecule has 0 spiro atoms. The maximum atomic E-state index is 13.6. The van der Waals surface area contributed by atoms with Crippen LogP contribution in [0.15, 0.2) is 54.7 Å². The predicted molar refractivity (Wildman–Crippen MR) is 117 cm³/mol. The van der Waals surface area contributed by atoms with Gasteiger partial charge in [-0.15, -0.1) is 0 Å². The molecule has 0 atom stereocenters. The molecule has 4 aromatic rings. The second-order valence-electron chi connectivity index (χ2n) is 8.08. The van der Waals surface area contributed by atoms with Crippen molar-refractivity contribution in [2.24, 2.45) is 0 Å². The molecule has 0 saturated heterocycles. The molecule has 0 amide bonds. The van der Waals surface area contributed by atoms with Gasteiger partial charge in [0, 0.05) is 12.5 Å². The quantitative estimate of drug-likeness (QED) is 0.244. The molecule has 0 bridgehead atoms. The molecule has 178 valence electrons.